The quantitative estimate of drug-likeness (QED) is 0.123. The maximum Gasteiger partial charge on any atom is 0.416 e. The Balaban J connectivity index is 1.74. The van der Waals surface area contributed by atoms with Crippen LogP contribution in [-0.2, 0) is 23.3 Å². The van der Waals surface area contributed by atoms with Crippen LogP contribution in [0.2, 0.25) is 0 Å². The van der Waals surface area contributed by atoms with E-state index in [2.05, 4.69) is 5.32 Å². The van der Waals surface area contributed by atoms with Gasteiger partial charge in [-0.3, -0.25) is 14.2 Å². The predicted molar refractivity (Wildman–Crippen MR) is 168 cm³/mol. The molecule has 2 N–H and O–H groups in total. The summed E-state index contributed by atoms with van der Waals surface area (Å²) in [6, 6.07) is 16.1. The van der Waals surface area contributed by atoms with Crippen molar-refractivity contribution in [2.24, 2.45) is 0 Å². The van der Waals surface area contributed by atoms with Crippen LogP contribution in [0.1, 0.15) is 65.2 Å². The summed E-state index contributed by atoms with van der Waals surface area (Å²) >= 11 is 1.25. The minimum Gasteiger partial charge on any atom is -0.481 e. The molecule has 0 aliphatic carbocycles. The number of carboxylic acid groups (broad SMARTS) is 1. The van der Waals surface area contributed by atoms with Gasteiger partial charge in [0.1, 0.15) is 5.82 Å². The first-order valence-electron chi connectivity index (χ1n) is 14.9. The second-order valence-electron chi connectivity index (χ2n) is 11.6. The molecule has 1 aliphatic rings. The standard InChI is InChI=1S/C35H32F6N2O3S/c1-20-24(18-25-26(35(39,40)41)13-7-14-27(25)36)33-43(32(46)30(20)22-11-6-12-23(17-22)34(2,37)38)28(19-47-33)31(21-9-4-3-5-10-21)42-16-8-15-29(44)45/h3-7,9-14,17,28,31,42H,8,15-16,18-19H2,1-2H3,(H,44,45)/t28-,31?/m0/s1. The lowest BCUT2D eigenvalue weighted by Crippen LogP contribution is -2.36. The van der Waals surface area contributed by atoms with Crippen molar-refractivity contribution in [1.29, 1.82) is 0 Å². The lowest BCUT2D eigenvalue weighted by atomic mass is 9.91. The van der Waals surface area contributed by atoms with Crippen molar-refractivity contribution in [3.63, 3.8) is 0 Å². The van der Waals surface area contributed by atoms with Crippen molar-refractivity contribution in [2.75, 3.05) is 12.3 Å². The van der Waals surface area contributed by atoms with Crippen LogP contribution in [0.25, 0.3) is 11.1 Å². The molecule has 0 spiro atoms. The Labute approximate surface area is 271 Å². The van der Waals surface area contributed by atoms with Crippen molar-refractivity contribution in [3.8, 4) is 11.1 Å². The number of thioether (sulfide) groups is 1. The van der Waals surface area contributed by atoms with E-state index in [0.29, 0.717) is 23.7 Å². The maximum atomic E-state index is 15.2. The van der Waals surface area contributed by atoms with Gasteiger partial charge in [-0.05, 0) is 60.3 Å². The molecule has 248 valence electrons. The van der Waals surface area contributed by atoms with Crippen LogP contribution in [0.4, 0.5) is 26.3 Å². The Morgan fingerprint density at radius 3 is 2.38 bits per heavy atom. The normalized spacial score (nSPS) is 15.4. The number of alkyl halides is 5. The summed E-state index contributed by atoms with van der Waals surface area (Å²) in [4.78, 5) is 25.7. The van der Waals surface area contributed by atoms with Gasteiger partial charge in [-0.2, -0.15) is 13.2 Å². The summed E-state index contributed by atoms with van der Waals surface area (Å²) in [6.45, 7) is 2.56. The molecule has 0 saturated heterocycles. The zero-order chi connectivity index (χ0) is 34.1. The number of aliphatic carboxylic acids is 1. The Bertz CT molecular complexity index is 1840. The van der Waals surface area contributed by atoms with Gasteiger partial charge in [0, 0.05) is 36.6 Å². The third-order valence-corrected chi connectivity index (χ3v) is 9.60. The zero-order valence-corrected chi connectivity index (χ0v) is 26.3. The minimum atomic E-state index is -4.85. The Morgan fingerprint density at radius 2 is 1.72 bits per heavy atom. The molecule has 0 saturated carbocycles. The first-order valence-corrected chi connectivity index (χ1v) is 15.9. The molecule has 4 aromatic rings. The van der Waals surface area contributed by atoms with E-state index in [9.17, 15) is 31.5 Å². The fourth-order valence-corrected chi connectivity index (χ4v) is 7.51. The molecule has 1 aromatic heterocycles. The number of pyridine rings is 1. The minimum absolute atomic E-state index is 0.0323. The van der Waals surface area contributed by atoms with Gasteiger partial charge < -0.3 is 10.4 Å². The van der Waals surface area contributed by atoms with Crippen LogP contribution in [0.15, 0.2) is 82.6 Å². The molecule has 0 bridgehead atoms. The highest BCUT2D eigenvalue weighted by Crippen LogP contribution is 2.45. The summed E-state index contributed by atoms with van der Waals surface area (Å²) in [5.74, 6) is -4.93. The Kier molecular flexibility index (Phi) is 9.93. The Morgan fingerprint density at radius 1 is 1.02 bits per heavy atom. The van der Waals surface area contributed by atoms with E-state index >= 15 is 4.39 Å². The highest BCUT2D eigenvalue weighted by Gasteiger charge is 2.38. The van der Waals surface area contributed by atoms with E-state index in [1.165, 1.54) is 40.6 Å². The van der Waals surface area contributed by atoms with Crippen LogP contribution in [0, 0.1) is 12.7 Å². The molecule has 1 aliphatic heterocycles. The number of carboxylic acids is 1. The fraction of sp³-hybridized carbons (Fsp3) is 0.314. The third kappa shape index (κ3) is 7.28. The molecule has 0 fully saturated rings. The second-order valence-corrected chi connectivity index (χ2v) is 12.6. The van der Waals surface area contributed by atoms with E-state index in [-0.39, 0.29) is 34.2 Å². The second kappa shape index (κ2) is 13.6. The SMILES string of the molecule is Cc1c(Cc2c(F)cccc2C(F)(F)F)c2n(c(=O)c1-c1cccc(C(C)(F)F)c1)[C@H](C(NCCCC(=O)O)c1ccccc1)CS2. The number of benzene rings is 3. The number of fused-ring (bicyclic) bond motifs is 1. The summed E-state index contributed by atoms with van der Waals surface area (Å²) in [5.41, 5.74) is -1.05. The third-order valence-electron chi connectivity index (χ3n) is 8.37. The first kappa shape index (κ1) is 34.3. The average molecular weight is 675 g/mol. The summed E-state index contributed by atoms with van der Waals surface area (Å²) in [5, 5.41) is 12.9. The number of carbonyl (C=O) groups is 1. The van der Waals surface area contributed by atoms with E-state index < -0.39 is 59.1 Å². The highest BCUT2D eigenvalue weighted by molar-refractivity contribution is 7.99. The van der Waals surface area contributed by atoms with E-state index in [1.54, 1.807) is 6.92 Å². The van der Waals surface area contributed by atoms with E-state index in [4.69, 9.17) is 5.11 Å². The number of rotatable bonds is 11. The molecule has 5 nitrogen and oxygen atoms in total. The molecule has 1 unspecified atom stereocenters. The molecule has 3 aromatic carbocycles. The van der Waals surface area contributed by atoms with Crippen LogP contribution < -0.4 is 10.9 Å². The first-order chi connectivity index (χ1) is 22.2. The zero-order valence-electron chi connectivity index (χ0n) is 25.5. The van der Waals surface area contributed by atoms with Crippen molar-refractivity contribution >= 4 is 17.7 Å². The molecule has 0 amide bonds. The summed E-state index contributed by atoms with van der Waals surface area (Å²) in [7, 11) is 0. The van der Waals surface area contributed by atoms with Gasteiger partial charge in [0.15, 0.2) is 0 Å². The van der Waals surface area contributed by atoms with Gasteiger partial charge in [-0.1, -0.05) is 54.6 Å². The number of halogens is 6. The van der Waals surface area contributed by atoms with Gasteiger partial charge >= 0.3 is 12.1 Å². The van der Waals surface area contributed by atoms with Gasteiger partial charge in [-0.15, -0.1) is 11.8 Å². The van der Waals surface area contributed by atoms with Crippen molar-refractivity contribution < 1.29 is 36.2 Å². The van der Waals surface area contributed by atoms with Crippen LogP contribution in [0.5, 0.6) is 0 Å². The Hall–Kier alpha value is -4.03. The summed E-state index contributed by atoms with van der Waals surface area (Å²) < 4.78 is 87.7. The lowest BCUT2D eigenvalue weighted by Gasteiger charge is -2.28. The van der Waals surface area contributed by atoms with Crippen molar-refractivity contribution in [1.82, 2.24) is 9.88 Å². The van der Waals surface area contributed by atoms with Crippen LogP contribution >= 0.6 is 11.8 Å². The molecular formula is C35H32F6N2O3S. The highest BCUT2D eigenvalue weighted by atomic mass is 32.2. The number of hydrogen-bond acceptors (Lipinski definition) is 4. The van der Waals surface area contributed by atoms with E-state index in [0.717, 1.165) is 30.7 Å². The maximum absolute atomic E-state index is 15.2. The molecule has 5 rings (SSSR count). The van der Waals surface area contributed by atoms with Gasteiger partial charge in [0.2, 0.25) is 0 Å². The fourth-order valence-electron chi connectivity index (χ4n) is 6.08. The molecule has 47 heavy (non-hydrogen) atoms. The van der Waals surface area contributed by atoms with Crippen LogP contribution in [-0.4, -0.2) is 27.9 Å². The largest absolute Gasteiger partial charge is 0.481 e. The molecule has 12 heteroatoms. The van der Waals surface area contributed by atoms with Gasteiger partial charge in [0.25, 0.3) is 11.5 Å². The monoisotopic (exact) mass is 674 g/mol. The topological polar surface area (TPSA) is 71.3 Å². The summed E-state index contributed by atoms with van der Waals surface area (Å²) in [6.07, 6.45) is -5.13. The van der Waals surface area contributed by atoms with Gasteiger partial charge in [0.05, 0.1) is 28.2 Å². The van der Waals surface area contributed by atoms with E-state index in [1.807, 2.05) is 30.3 Å². The van der Waals surface area contributed by atoms with Crippen molar-refractivity contribution in [3.05, 3.63) is 122 Å². The number of aromatic nitrogens is 1. The lowest BCUT2D eigenvalue weighted by molar-refractivity contribution is -0.138. The van der Waals surface area contributed by atoms with Crippen LogP contribution in [0.3, 0.4) is 0 Å². The molecule has 0 radical (unpaired) electrons. The number of nitrogens with one attached hydrogen (secondary N) is 1. The van der Waals surface area contributed by atoms with Crippen molar-refractivity contribution in [2.45, 2.75) is 62.3 Å². The van der Waals surface area contributed by atoms with Gasteiger partial charge in [-0.25, -0.2) is 13.2 Å². The number of nitrogens with zero attached hydrogens (tertiary/aromatic N) is 1. The molecule has 2 heterocycles. The molecular weight excluding hydrogens is 642 g/mol. The predicted octanol–water partition coefficient (Wildman–Crippen LogP) is 8.53. The average Bonchev–Trinajstić information content (AvgIpc) is 3.44. The smallest absolute Gasteiger partial charge is 0.416 e. The number of hydrogen-bond donors (Lipinski definition) is 2. The molecule has 2 atom stereocenters.